The Labute approximate surface area is 137 Å². The van der Waals surface area contributed by atoms with E-state index < -0.39 is 0 Å². The Hall–Kier alpha value is -1.85. The molecule has 1 aliphatic rings. The highest BCUT2D eigenvalue weighted by Crippen LogP contribution is 2.23. The highest BCUT2D eigenvalue weighted by molar-refractivity contribution is 7.10. The maximum atomic E-state index is 12.2. The van der Waals surface area contributed by atoms with E-state index in [1.54, 1.807) is 40.5 Å². The molecule has 0 saturated heterocycles. The first-order chi connectivity index (χ1) is 10.6. The van der Waals surface area contributed by atoms with E-state index in [0.29, 0.717) is 23.7 Å². The van der Waals surface area contributed by atoms with Gasteiger partial charge >= 0.3 is 0 Å². The molecule has 0 unspecified atom stereocenters. The number of thiophene rings is 1. The van der Waals surface area contributed by atoms with Crippen LogP contribution in [0.2, 0.25) is 5.02 Å². The van der Waals surface area contributed by atoms with Gasteiger partial charge in [-0.1, -0.05) is 17.7 Å². The molecule has 0 bridgehead atoms. The van der Waals surface area contributed by atoms with E-state index in [9.17, 15) is 9.59 Å². The van der Waals surface area contributed by atoms with Gasteiger partial charge in [-0.2, -0.15) is 0 Å². The van der Waals surface area contributed by atoms with Crippen molar-refractivity contribution >= 4 is 34.8 Å². The van der Waals surface area contributed by atoms with Crippen LogP contribution in [0.4, 0.5) is 0 Å². The first kappa shape index (κ1) is 15.1. The van der Waals surface area contributed by atoms with Crippen LogP contribution in [0, 0.1) is 0 Å². The van der Waals surface area contributed by atoms with Gasteiger partial charge in [0.2, 0.25) is 5.91 Å². The maximum absolute atomic E-state index is 12.2. The van der Waals surface area contributed by atoms with Gasteiger partial charge < -0.3 is 10.2 Å². The molecular weight excluding hydrogens is 320 g/mol. The molecule has 1 aromatic heterocycles. The Morgan fingerprint density at radius 3 is 3.00 bits per heavy atom. The van der Waals surface area contributed by atoms with Gasteiger partial charge in [0.25, 0.3) is 5.91 Å². The molecule has 2 aromatic rings. The summed E-state index contributed by atoms with van der Waals surface area (Å²) in [6.07, 6.45) is 0.890. The minimum absolute atomic E-state index is 0.00478. The van der Waals surface area contributed by atoms with Crippen molar-refractivity contribution in [1.82, 2.24) is 10.2 Å². The van der Waals surface area contributed by atoms with E-state index in [2.05, 4.69) is 16.8 Å². The number of fused-ring (bicyclic) bond motifs is 1. The van der Waals surface area contributed by atoms with E-state index in [-0.39, 0.29) is 18.4 Å². The number of nitrogens with zero attached hydrogens (tertiary/aromatic N) is 1. The number of benzene rings is 1. The summed E-state index contributed by atoms with van der Waals surface area (Å²) in [6.45, 7) is 1.34. The van der Waals surface area contributed by atoms with Gasteiger partial charge in [-0.25, -0.2) is 0 Å². The van der Waals surface area contributed by atoms with Gasteiger partial charge in [-0.15, -0.1) is 11.3 Å². The number of rotatable bonds is 3. The molecule has 2 amide bonds. The topological polar surface area (TPSA) is 49.4 Å². The van der Waals surface area contributed by atoms with Gasteiger partial charge in [0.15, 0.2) is 0 Å². The molecule has 3 rings (SSSR count). The van der Waals surface area contributed by atoms with Crippen LogP contribution in [0.15, 0.2) is 35.7 Å². The Kier molecular flexibility index (Phi) is 4.45. The molecule has 1 aliphatic heterocycles. The minimum atomic E-state index is -0.288. The largest absolute Gasteiger partial charge is 0.343 e. The molecule has 22 heavy (non-hydrogen) atoms. The standard InChI is InChI=1S/C16H15ClN2O2S/c17-13-3-1-2-11(8-13)16(21)18-9-15(20)19-6-4-14-12(10-19)5-7-22-14/h1-3,5,7-8H,4,6,9-10H2,(H,18,21). The van der Waals surface area contributed by atoms with E-state index in [1.807, 2.05) is 0 Å². The van der Waals surface area contributed by atoms with Crippen molar-refractivity contribution in [3.63, 3.8) is 0 Å². The van der Waals surface area contributed by atoms with Crippen LogP contribution in [0.25, 0.3) is 0 Å². The predicted molar refractivity (Wildman–Crippen MR) is 87.2 cm³/mol. The Morgan fingerprint density at radius 2 is 2.18 bits per heavy atom. The van der Waals surface area contributed by atoms with E-state index in [4.69, 9.17) is 11.6 Å². The first-order valence-electron chi connectivity index (χ1n) is 7.00. The fraction of sp³-hybridized carbons (Fsp3) is 0.250. The fourth-order valence-electron chi connectivity index (χ4n) is 2.46. The van der Waals surface area contributed by atoms with Crippen LogP contribution < -0.4 is 5.32 Å². The summed E-state index contributed by atoms with van der Waals surface area (Å²) in [5.41, 5.74) is 1.67. The quantitative estimate of drug-likeness (QED) is 0.938. The third kappa shape index (κ3) is 3.31. The zero-order valence-electron chi connectivity index (χ0n) is 11.8. The molecule has 0 radical (unpaired) electrons. The van der Waals surface area contributed by atoms with Gasteiger partial charge in [0.05, 0.1) is 6.54 Å². The smallest absolute Gasteiger partial charge is 0.251 e. The molecular formula is C16H15ClN2O2S. The zero-order valence-corrected chi connectivity index (χ0v) is 13.4. The van der Waals surface area contributed by atoms with E-state index >= 15 is 0 Å². The van der Waals surface area contributed by atoms with Crippen molar-refractivity contribution < 1.29 is 9.59 Å². The van der Waals surface area contributed by atoms with Crippen molar-refractivity contribution in [1.29, 1.82) is 0 Å². The lowest BCUT2D eigenvalue weighted by molar-refractivity contribution is -0.131. The Bertz CT molecular complexity index is 714. The van der Waals surface area contributed by atoms with Crippen molar-refractivity contribution in [2.45, 2.75) is 13.0 Å². The number of hydrogen-bond acceptors (Lipinski definition) is 3. The Balaban J connectivity index is 1.56. The predicted octanol–water partition coefficient (Wildman–Crippen LogP) is 2.72. The fourth-order valence-corrected chi connectivity index (χ4v) is 3.54. The van der Waals surface area contributed by atoms with Crippen LogP contribution in [-0.4, -0.2) is 29.8 Å². The van der Waals surface area contributed by atoms with Gasteiger partial charge in [-0.05, 0) is 41.6 Å². The summed E-state index contributed by atoms with van der Waals surface area (Å²) >= 11 is 7.59. The van der Waals surface area contributed by atoms with Gasteiger partial charge in [0, 0.05) is 28.6 Å². The van der Waals surface area contributed by atoms with Crippen molar-refractivity contribution in [2.24, 2.45) is 0 Å². The summed E-state index contributed by atoms with van der Waals surface area (Å²) < 4.78 is 0. The highest BCUT2D eigenvalue weighted by Gasteiger charge is 2.21. The van der Waals surface area contributed by atoms with Crippen LogP contribution in [0.3, 0.4) is 0 Å². The maximum Gasteiger partial charge on any atom is 0.251 e. The normalized spacial score (nSPS) is 13.6. The van der Waals surface area contributed by atoms with Crippen LogP contribution >= 0.6 is 22.9 Å². The first-order valence-corrected chi connectivity index (χ1v) is 8.26. The third-order valence-electron chi connectivity index (χ3n) is 3.65. The summed E-state index contributed by atoms with van der Waals surface area (Å²) in [6, 6.07) is 8.73. The molecule has 0 spiro atoms. The van der Waals surface area contributed by atoms with Gasteiger partial charge in [-0.3, -0.25) is 9.59 Å². The van der Waals surface area contributed by atoms with Gasteiger partial charge in [0.1, 0.15) is 0 Å². The second-order valence-electron chi connectivity index (χ2n) is 5.13. The SMILES string of the molecule is O=C(NCC(=O)N1CCc2sccc2C1)c1cccc(Cl)c1. The average Bonchev–Trinajstić information content (AvgIpc) is 2.99. The molecule has 0 fully saturated rings. The minimum Gasteiger partial charge on any atom is -0.343 e. The lowest BCUT2D eigenvalue weighted by Gasteiger charge is -2.27. The summed E-state index contributed by atoms with van der Waals surface area (Å²) in [7, 11) is 0. The molecule has 0 saturated carbocycles. The number of amides is 2. The second kappa shape index (κ2) is 6.50. The lowest BCUT2D eigenvalue weighted by Crippen LogP contribution is -2.42. The number of carbonyl (C=O) groups is 2. The zero-order chi connectivity index (χ0) is 15.5. The molecule has 1 aromatic carbocycles. The molecule has 114 valence electrons. The van der Waals surface area contributed by atoms with Crippen LogP contribution in [-0.2, 0) is 17.8 Å². The molecule has 4 nitrogen and oxygen atoms in total. The number of carbonyl (C=O) groups excluding carboxylic acids is 2. The number of nitrogens with one attached hydrogen (secondary N) is 1. The van der Waals surface area contributed by atoms with E-state index in [0.717, 1.165) is 6.42 Å². The highest BCUT2D eigenvalue weighted by atomic mass is 35.5. The number of halogens is 1. The Morgan fingerprint density at radius 1 is 1.32 bits per heavy atom. The molecule has 1 N–H and O–H groups in total. The second-order valence-corrected chi connectivity index (χ2v) is 6.56. The van der Waals surface area contributed by atoms with Crippen molar-refractivity contribution in [2.75, 3.05) is 13.1 Å². The molecule has 6 heteroatoms. The lowest BCUT2D eigenvalue weighted by atomic mass is 10.1. The summed E-state index contributed by atoms with van der Waals surface area (Å²) in [4.78, 5) is 27.4. The summed E-state index contributed by atoms with van der Waals surface area (Å²) in [5, 5.41) is 5.21. The van der Waals surface area contributed by atoms with E-state index in [1.165, 1.54) is 10.4 Å². The third-order valence-corrected chi connectivity index (χ3v) is 4.91. The monoisotopic (exact) mass is 334 g/mol. The molecule has 0 aliphatic carbocycles. The van der Waals surface area contributed by atoms with Crippen LogP contribution in [0.5, 0.6) is 0 Å². The molecule has 0 atom stereocenters. The van der Waals surface area contributed by atoms with Crippen molar-refractivity contribution in [3.05, 3.63) is 56.7 Å². The molecule has 2 heterocycles. The average molecular weight is 335 g/mol. The summed E-state index contributed by atoms with van der Waals surface area (Å²) in [5.74, 6) is -0.351. The number of hydrogen-bond donors (Lipinski definition) is 1. The van der Waals surface area contributed by atoms with Crippen molar-refractivity contribution in [3.8, 4) is 0 Å². The van der Waals surface area contributed by atoms with Crippen LogP contribution in [0.1, 0.15) is 20.8 Å².